The molecule has 1 saturated carbocycles. The summed E-state index contributed by atoms with van der Waals surface area (Å²) in [6.45, 7) is 6.04. The lowest BCUT2D eigenvalue weighted by atomic mass is 9.79. The average Bonchev–Trinajstić information content (AvgIpc) is 3.15. The molecular formula is C27H30ClN5O2. The molecule has 7 nitrogen and oxygen atoms in total. The van der Waals surface area contributed by atoms with Crippen molar-refractivity contribution in [2.24, 2.45) is 5.92 Å². The van der Waals surface area contributed by atoms with E-state index in [0.29, 0.717) is 18.0 Å². The van der Waals surface area contributed by atoms with Gasteiger partial charge in [-0.25, -0.2) is 4.79 Å². The van der Waals surface area contributed by atoms with Crippen molar-refractivity contribution in [3.8, 4) is 28.5 Å². The summed E-state index contributed by atoms with van der Waals surface area (Å²) in [5.74, 6) is 0.594. The Morgan fingerprint density at radius 3 is 2.60 bits per heavy atom. The molecule has 0 saturated heterocycles. The lowest BCUT2D eigenvalue weighted by Crippen LogP contribution is -2.47. The average molecular weight is 492 g/mol. The van der Waals surface area contributed by atoms with Crippen LogP contribution in [0, 0.1) is 17.2 Å². The molecule has 1 atom stereocenters. The third kappa shape index (κ3) is 5.83. The van der Waals surface area contributed by atoms with Crippen molar-refractivity contribution in [1.82, 2.24) is 20.1 Å². The van der Waals surface area contributed by atoms with Crippen LogP contribution in [0.1, 0.15) is 51.3 Å². The lowest BCUT2D eigenvalue weighted by molar-refractivity contribution is 0.0453. The Bertz CT molecular complexity index is 1220. The van der Waals surface area contributed by atoms with E-state index in [1.807, 2.05) is 55.8 Å². The summed E-state index contributed by atoms with van der Waals surface area (Å²) < 4.78 is 7.43. The number of hydrogen-bond donors (Lipinski definition) is 1. The number of carbonyl (C=O) groups excluding carboxylic acids is 1. The molecule has 1 aliphatic rings. The van der Waals surface area contributed by atoms with Crippen molar-refractivity contribution in [3.05, 3.63) is 60.0 Å². The Hall–Kier alpha value is -3.37. The van der Waals surface area contributed by atoms with Crippen molar-refractivity contribution < 1.29 is 9.53 Å². The molecule has 3 aromatic rings. The Morgan fingerprint density at radius 1 is 1.26 bits per heavy atom. The molecule has 1 aromatic carbocycles. The molecule has 8 heteroatoms. The number of benzene rings is 1. The third-order valence-corrected chi connectivity index (χ3v) is 6.46. The highest BCUT2D eigenvalue weighted by Crippen LogP contribution is 2.37. The monoisotopic (exact) mass is 491 g/mol. The minimum absolute atomic E-state index is 0.135. The van der Waals surface area contributed by atoms with Gasteiger partial charge < -0.3 is 10.1 Å². The van der Waals surface area contributed by atoms with Crippen molar-refractivity contribution in [2.75, 3.05) is 0 Å². The Balaban J connectivity index is 1.75. The van der Waals surface area contributed by atoms with Crippen LogP contribution in [0.2, 0.25) is 0 Å². The summed E-state index contributed by atoms with van der Waals surface area (Å²) >= 11 is 6.51. The van der Waals surface area contributed by atoms with Crippen molar-refractivity contribution in [1.29, 1.82) is 5.26 Å². The van der Waals surface area contributed by atoms with E-state index in [4.69, 9.17) is 21.4 Å². The van der Waals surface area contributed by atoms with Crippen LogP contribution in [0.4, 0.5) is 4.79 Å². The lowest BCUT2D eigenvalue weighted by Gasteiger charge is -2.35. The second kappa shape index (κ2) is 10.5. The largest absolute Gasteiger partial charge is 0.444 e. The van der Waals surface area contributed by atoms with Gasteiger partial charge in [0.05, 0.1) is 35.8 Å². The van der Waals surface area contributed by atoms with Crippen LogP contribution in [0.15, 0.2) is 48.8 Å². The van der Waals surface area contributed by atoms with Gasteiger partial charge in [-0.1, -0.05) is 18.6 Å². The molecule has 0 aliphatic heterocycles. The first-order valence-electron chi connectivity index (χ1n) is 11.8. The number of carbonyl (C=O) groups is 1. The number of amides is 1. The maximum Gasteiger partial charge on any atom is 0.407 e. The number of ether oxygens (including phenoxy) is 1. The molecule has 0 bridgehead atoms. The number of alkyl halides is 1. The molecule has 1 N–H and O–H groups in total. The van der Waals surface area contributed by atoms with Crippen LogP contribution < -0.4 is 5.32 Å². The molecule has 4 rings (SSSR count). The Morgan fingerprint density at radius 2 is 2.00 bits per heavy atom. The van der Waals surface area contributed by atoms with Crippen LogP contribution in [-0.4, -0.2) is 32.5 Å². The minimum atomic E-state index is -0.575. The number of nitriles is 1. The standard InChI is InChI=1S/C27H30ClN5O2/c1-27(2,3)35-26(34)31-22(19-7-5-8-19)17-33-23(15-28)24(20-10-12-30-13-11-20)25(32-33)21-9-4-6-18(14-21)16-29/h4,6,9-14,19,22H,5,7-8,15,17H2,1-3H3,(H,31,34)/t22-/m1/s1. The molecule has 182 valence electrons. The number of hydrogen-bond acceptors (Lipinski definition) is 5. The molecule has 35 heavy (non-hydrogen) atoms. The predicted octanol–water partition coefficient (Wildman–Crippen LogP) is 5.92. The fraction of sp³-hybridized carbons (Fsp3) is 0.407. The number of pyridine rings is 1. The summed E-state index contributed by atoms with van der Waals surface area (Å²) in [5, 5.41) is 17.5. The van der Waals surface area contributed by atoms with Gasteiger partial charge in [0.1, 0.15) is 11.3 Å². The van der Waals surface area contributed by atoms with E-state index in [1.165, 1.54) is 0 Å². The maximum absolute atomic E-state index is 12.6. The van der Waals surface area contributed by atoms with Gasteiger partial charge in [0, 0.05) is 23.5 Å². The summed E-state index contributed by atoms with van der Waals surface area (Å²) in [6.07, 6.45) is 6.29. The van der Waals surface area contributed by atoms with Crippen molar-refractivity contribution in [2.45, 2.75) is 64.1 Å². The van der Waals surface area contributed by atoms with E-state index in [1.54, 1.807) is 18.5 Å². The highest BCUT2D eigenvalue weighted by atomic mass is 35.5. The van der Waals surface area contributed by atoms with Gasteiger partial charge in [0.2, 0.25) is 0 Å². The SMILES string of the molecule is CC(C)(C)OC(=O)N[C@H](Cn1nc(-c2cccc(C#N)c2)c(-c2ccncc2)c1CCl)C1CCC1. The first-order chi connectivity index (χ1) is 16.8. The zero-order valence-electron chi connectivity index (χ0n) is 20.3. The van der Waals surface area contributed by atoms with Crippen LogP contribution >= 0.6 is 11.6 Å². The van der Waals surface area contributed by atoms with E-state index in [2.05, 4.69) is 16.4 Å². The maximum atomic E-state index is 12.6. The number of aromatic nitrogens is 3. The van der Waals surface area contributed by atoms with E-state index in [0.717, 1.165) is 47.3 Å². The van der Waals surface area contributed by atoms with E-state index in [9.17, 15) is 10.1 Å². The molecule has 1 amide bonds. The van der Waals surface area contributed by atoms with E-state index in [-0.39, 0.29) is 11.9 Å². The van der Waals surface area contributed by atoms with Gasteiger partial charge in [-0.3, -0.25) is 9.67 Å². The van der Waals surface area contributed by atoms with Crippen LogP contribution in [-0.2, 0) is 17.2 Å². The highest BCUT2D eigenvalue weighted by molar-refractivity contribution is 6.17. The fourth-order valence-electron chi connectivity index (χ4n) is 4.34. The summed E-state index contributed by atoms with van der Waals surface area (Å²) in [7, 11) is 0. The Labute approximate surface area is 211 Å². The summed E-state index contributed by atoms with van der Waals surface area (Å²) in [5.41, 5.74) is 4.26. The first-order valence-corrected chi connectivity index (χ1v) is 12.4. The second-order valence-electron chi connectivity index (χ2n) is 9.86. The zero-order chi connectivity index (χ0) is 25.0. The second-order valence-corrected chi connectivity index (χ2v) is 10.1. The molecule has 1 fully saturated rings. The van der Waals surface area contributed by atoms with Gasteiger partial charge in [-0.05, 0) is 69.4 Å². The van der Waals surface area contributed by atoms with Crippen LogP contribution in [0.3, 0.4) is 0 Å². The number of nitrogens with one attached hydrogen (secondary N) is 1. The zero-order valence-corrected chi connectivity index (χ0v) is 21.0. The highest BCUT2D eigenvalue weighted by Gasteiger charge is 2.32. The number of nitrogens with zero attached hydrogens (tertiary/aromatic N) is 4. The fourth-order valence-corrected chi connectivity index (χ4v) is 4.62. The molecule has 0 radical (unpaired) electrons. The minimum Gasteiger partial charge on any atom is -0.444 e. The van der Waals surface area contributed by atoms with Gasteiger partial charge in [0.15, 0.2) is 0 Å². The topological polar surface area (TPSA) is 92.8 Å². The smallest absolute Gasteiger partial charge is 0.407 e. The van der Waals surface area contributed by atoms with Crippen LogP contribution in [0.5, 0.6) is 0 Å². The summed E-state index contributed by atoms with van der Waals surface area (Å²) in [4.78, 5) is 16.8. The first kappa shape index (κ1) is 24.7. The van der Waals surface area contributed by atoms with Gasteiger partial charge >= 0.3 is 6.09 Å². The molecule has 1 aliphatic carbocycles. The quantitative estimate of drug-likeness (QED) is 0.414. The summed E-state index contributed by atoms with van der Waals surface area (Å²) in [6, 6.07) is 13.3. The van der Waals surface area contributed by atoms with Gasteiger partial charge in [-0.2, -0.15) is 10.4 Å². The number of alkyl carbamates (subject to hydrolysis) is 1. The number of halogens is 1. The van der Waals surface area contributed by atoms with Gasteiger partial charge in [-0.15, -0.1) is 11.6 Å². The van der Waals surface area contributed by atoms with E-state index < -0.39 is 11.7 Å². The molecule has 0 spiro atoms. The normalized spacial score (nSPS) is 14.6. The number of rotatable bonds is 7. The van der Waals surface area contributed by atoms with E-state index >= 15 is 0 Å². The van der Waals surface area contributed by atoms with Crippen molar-refractivity contribution in [3.63, 3.8) is 0 Å². The molecular weight excluding hydrogens is 462 g/mol. The molecule has 0 unspecified atom stereocenters. The Kier molecular flexibility index (Phi) is 7.42. The predicted molar refractivity (Wildman–Crippen MR) is 136 cm³/mol. The third-order valence-electron chi connectivity index (χ3n) is 6.21. The van der Waals surface area contributed by atoms with Crippen molar-refractivity contribution >= 4 is 17.7 Å². The molecule has 2 aromatic heterocycles. The van der Waals surface area contributed by atoms with Crippen LogP contribution in [0.25, 0.3) is 22.4 Å². The molecule has 2 heterocycles. The van der Waals surface area contributed by atoms with Gasteiger partial charge in [0.25, 0.3) is 0 Å².